The van der Waals surface area contributed by atoms with E-state index in [1.165, 1.54) is 0 Å². The summed E-state index contributed by atoms with van der Waals surface area (Å²) < 4.78 is 12.6. The summed E-state index contributed by atoms with van der Waals surface area (Å²) in [4.78, 5) is 23.9. The summed E-state index contributed by atoms with van der Waals surface area (Å²) in [6.07, 6.45) is 0.784. The number of aromatic nitrogens is 1. The summed E-state index contributed by atoms with van der Waals surface area (Å²) in [6.45, 7) is 7.41. The Hall–Kier alpha value is -2.38. The Morgan fingerprint density at radius 2 is 1.53 bits per heavy atom. The lowest BCUT2D eigenvalue weighted by Crippen LogP contribution is -2.31. The maximum Gasteiger partial charge on any atom is 0.407 e. The van der Waals surface area contributed by atoms with Gasteiger partial charge in [-0.2, -0.15) is 0 Å². The van der Waals surface area contributed by atoms with E-state index < -0.39 is 12.2 Å². The standard InChI is InChI=1S/C21H27Cl2N3O4/c1-12(2)24-20(27)29-10-15-9-26(5)19(14-6-7-17(22)18(23)8-14)16(15)11-30-21(28)25-13(3)4/h6-9,12-13H,10-11H2,1-5H3,(H,24,27)(H,25,28). The summed E-state index contributed by atoms with van der Waals surface area (Å²) in [5.74, 6) is 0. The molecule has 164 valence electrons. The van der Waals surface area contributed by atoms with Crippen molar-refractivity contribution in [2.45, 2.75) is 53.0 Å². The van der Waals surface area contributed by atoms with Crippen LogP contribution >= 0.6 is 23.2 Å². The molecule has 2 rings (SSSR count). The number of nitrogens with one attached hydrogen (secondary N) is 2. The zero-order valence-electron chi connectivity index (χ0n) is 17.7. The number of benzene rings is 1. The Kier molecular flexibility index (Phi) is 8.43. The molecule has 0 saturated heterocycles. The highest BCUT2D eigenvalue weighted by atomic mass is 35.5. The van der Waals surface area contributed by atoms with Gasteiger partial charge in [-0.1, -0.05) is 29.3 Å². The fourth-order valence-corrected chi connectivity index (χ4v) is 3.18. The van der Waals surface area contributed by atoms with Crippen molar-refractivity contribution in [3.63, 3.8) is 0 Å². The molecule has 30 heavy (non-hydrogen) atoms. The van der Waals surface area contributed by atoms with Gasteiger partial charge < -0.3 is 24.7 Å². The fourth-order valence-electron chi connectivity index (χ4n) is 2.88. The van der Waals surface area contributed by atoms with Crippen molar-refractivity contribution >= 4 is 35.4 Å². The Labute approximate surface area is 186 Å². The van der Waals surface area contributed by atoms with Gasteiger partial charge in [0.25, 0.3) is 0 Å². The lowest BCUT2D eigenvalue weighted by atomic mass is 10.1. The number of amides is 2. The maximum absolute atomic E-state index is 12.0. The van der Waals surface area contributed by atoms with Crippen LogP contribution in [0.3, 0.4) is 0 Å². The van der Waals surface area contributed by atoms with Gasteiger partial charge in [0, 0.05) is 42.0 Å². The van der Waals surface area contributed by atoms with Crippen LogP contribution in [0.15, 0.2) is 24.4 Å². The van der Waals surface area contributed by atoms with E-state index in [-0.39, 0.29) is 25.3 Å². The minimum atomic E-state index is -0.529. The smallest absolute Gasteiger partial charge is 0.407 e. The number of ether oxygens (including phenoxy) is 2. The molecule has 2 N–H and O–H groups in total. The number of aryl methyl sites for hydroxylation is 1. The van der Waals surface area contributed by atoms with Crippen LogP contribution in [0.5, 0.6) is 0 Å². The van der Waals surface area contributed by atoms with E-state index in [0.717, 1.165) is 16.8 Å². The van der Waals surface area contributed by atoms with Crippen molar-refractivity contribution in [3.8, 4) is 11.3 Å². The van der Waals surface area contributed by atoms with Crippen molar-refractivity contribution in [3.05, 3.63) is 45.6 Å². The number of hydrogen-bond donors (Lipinski definition) is 2. The SMILES string of the molecule is CC(C)NC(=O)OCc1cn(C)c(-c2ccc(Cl)c(Cl)c2)c1COC(=O)NC(C)C. The molecule has 2 aromatic rings. The van der Waals surface area contributed by atoms with Crippen LogP contribution in [-0.4, -0.2) is 28.8 Å². The molecule has 1 aromatic heterocycles. The fraction of sp³-hybridized carbons (Fsp3) is 0.429. The second kappa shape index (κ2) is 10.6. The van der Waals surface area contributed by atoms with Gasteiger partial charge in [-0.3, -0.25) is 0 Å². The average Bonchev–Trinajstić information content (AvgIpc) is 2.95. The van der Waals surface area contributed by atoms with Gasteiger partial charge in [0.05, 0.1) is 15.7 Å². The normalized spacial score (nSPS) is 11.0. The summed E-state index contributed by atoms with van der Waals surface area (Å²) in [5, 5.41) is 6.21. The lowest BCUT2D eigenvalue weighted by Gasteiger charge is -2.13. The maximum atomic E-state index is 12.0. The topological polar surface area (TPSA) is 81.6 Å². The summed E-state index contributed by atoms with van der Waals surface area (Å²) in [6, 6.07) is 5.19. The highest BCUT2D eigenvalue weighted by Crippen LogP contribution is 2.33. The summed E-state index contributed by atoms with van der Waals surface area (Å²) in [7, 11) is 1.85. The van der Waals surface area contributed by atoms with Gasteiger partial charge in [-0.15, -0.1) is 0 Å². The molecular weight excluding hydrogens is 429 g/mol. The van der Waals surface area contributed by atoms with Gasteiger partial charge in [0.15, 0.2) is 0 Å². The minimum Gasteiger partial charge on any atom is -0.445 e. The number of alkyl carbamates (subject to hydrolysis) is 2. The van der Waals surface area contributed by atoms with E-state index in [1.807, 2.05) is 51.6 Å². The second-order valence-electron chi connectivity index (χ2n) is 7.47. The van der Waals surface area contributed by atoms with Crippen LogP contribution < -0.4 is 10.6 Å². The number of nitrogens with zero attached hydrogens (tertiary/aromatic N) is 1. The quantitative estimate of drug-likeness (QED) is 0.595. The first kappa shape index (κ1) is 23.9. The molecule has 0 spiro atoms. The van der Waals surface area contributed by atoms with E-state index in [9.17, 15) is 9.59 Å². The molecule has 0 aliphatic heterocycles. The third kappa shape index (κ3) is 6.57. The van der Waals surface area contributed by atoms with E-state index in [4.69, 9.17) is 32.7 Å². The molecule has 0 unspecified atom stereocenters. The first-order chi connectivity index (χ1) is 14.1. The minimum absolute atomic E-state index is 0.000531. The van der Waals surface area contributed by atoms with Crippen LogP contribution in [-0.2, 0) is 29.7 Å². The zero-order valence-corrected chi connectivity index (χ0v) is 19.2. The molecule has 0 atom stereocenters. The number of hydrogen-bond acceptors (Lipinski definition) is 4. The first-order valence-corrected chi connectivity index (χ1v) is 10.3. The Morgan fingerprint density at radius 1 is 0.967 bits per heavy atom. The van der Waals surface area contributed by atoms with Crippen molar-refractivity contribution in [2.24, 2.45) is 7.05 Å². The average molecular weight is 456 g/mol. The predicted molar refractivity (Wildman–Crippen MR) is 118 cm³/mol. The highest BCUT2D eigenvalue weighted by molar-refractivity contribution is 6.42. The number of halogens is 2. The Bertz CT molecular complexity index is 910. The molecular formula is C21H27Cl2N3O4. The Morgan fingerprint density at radius 3 is 2.07 bits per heavy atom. The van der Waals surface area contributed by atoms with Crippen molar-refractivity contribution in [2.75, 3.05) is 0 Å². The molecule has 2 amide bonds. The second-order valence-corrected chi connectivity index (χ2v) is 8.29. The lowest BCUT2D eigenvalue weighted by molar-refractivity contribution is 0.129. The third-order valence-corrected chi connectivity index (χ3v) is 4.83. The third-order valence-electron chi connectivity index (χ3n) is 4.09. The van der Waals surface area contributed by atoms with Crippen LogP contribution in [0.25, 0.3) is 11.3 Å². The predicted octanol–water partition coefficient (Wildman–Crippen LogP) is 5.27. The zero-order chi connectivity index (χ0) is 22.4. The van der Waals surface area contributed by atoms with Crippen molar-refractivity contribution in [1.82, 2.24) is 15.2 Å². The molecule has 0 radical (unpaired) electrons. The summed E-state index contributed by atoms with van der Waals surface area (Å²) in [5.41, 5.74) is 3.02. The van der Waals surface area contributed by atoms with Crippen molar-refractivity contribution < 1.29 is 19.1 Å². The Balaban J connectivity index is 2.34. The van der Waals surface area contributed by atoms with Crippen LogP contribution in [0.1, 0.15) is 38.8 Å². The molecule has 9 heteroatoms. The van der Waals surface area contributed by atoms with Gasteiger partial charge in [-0.25, -0.2) is 9.59 Å². The number of rotatable bonds is 7. The van der Waals surface area contributed by atoms with Crippen LogP contribution in [0.4, 0.5) is 9.59 Å². The van der Waals surface area contributed by atoms with Gasteiger partial charge in [0.2, 0.25) is 0 Å². The van der Waals surface area contributed by atoms with E-state index in [2.05, 4.69) is 10.6 Å². The molecule has 0 saturated carbocycles. The first-order valence-electron chi connectivity index (χ1n) is 9.57. The molecule has 1 aromatic carbocycles. The number of carbonyl (C=O) groups is 2. The number of carbonyl (C=O) groups excluding carboxylic acids is 2. The van der Waals surface area contributed by atoms with Crippen LogP contribution in [0.2, 0.25) is 10.0 Å². The molecule has 1 heterocycles. The molecule has 7 nitrogen and oxygen atoms in total. The monoisotopic (exact) mass is 455 g/mol. The molecule has 0 aliphatic rings. The van der Waals surface area contributed by atoms with Gasteiger partial charge in [0.1, 0.15) is 13.2 Å². The van der Waals surface area contributed by atoms with Gasteiger partial charge in [-0.05, 0) is 39.8 Å². The largest absolute Gasteiger partial charge is 0.445 e. The van der Waals surface area contributed by atoms with E-state index >= 15 is 0 Å². The van der Waals surface area contributed by atoms with E-state index in [1.54, 1.807) is 12.1 Å². The van der Waals surface area contributed by atoms with Gasteiger partial charge >= 0.3 is 12.2 Å². The van der Waals surface area contributed by atoms with Crippen molar-refractivity contribution in [1.29, 1.82) is 0 Å². The molecule has 0 fully saturated rings. The summed E-state index contributed by atoms with van der Waals surface area (Å²) >= 11 is 12.2. The highest BCUT2D eigenvalue weighted by Gasteiger charge is 2.20. The van der Waals surface area contributed by atoms with Crippen LogP contribution in [0, 0.1) is 0 Å². The molecule has 0 bridgehead atoms. The van der Waals surface area contributed by atoms with E-state index in [0.29, 0.717) is 15.6 Å². The molecule has 0 aliphatic carbocycles.